The number of methoxy groups -OCH3 is 1. The van der Waals surface area contributed by atoms with Crippen LogP contribution in [0.25, 0.3) is 0 Å². The van der Waals surface area contributed by atoms with E-state index in [-0.39, 0.29) is 23.7 Å². The highest BCUT2D eigenvalue weighted by molar-refractivity contribution is 5.94. The molecule has 0 spiro atoms. The second-order valence-electron chi connectivity index (χ2n) is 6.38. The van der Waals surface area contributed by atoms with Crippen LogP contribution >= 0.6 is 0 Å². The smallest absolute Gasteiger partial charge is 0.228 e. The van der Waals surface area contributed by atoms with Gasteiger partial charge in [0.1, 0.15) is 11.5 Å². The number of ether oxygens (including phenoxy) is 1. The molecule has 0 aliphatic heterocycles. The number of Topliss-reactive ketones (excluding diaryl/α,β-unsaturated/α-hetero) is 1. The first kappa shape index (κ1) is 15.1. The van der Waals surface area contributed by atoms with E-state index >= 15 is 0 Å². The lowest BCUT2D eigenvalue weighted by Gasteiger charge is -2.28. The van der Waals surface area contributed by atoms with Crippen LogP contribution in [0.4, 0.5) is 0 Å². The molecule has 4 nitrogen and oxygen atoms in total. The Morgan fingerprint density at radius 1 is 1.23 bits per heavy atom. The standard InChI is InChI=1S/C18H23NO3/c1-22-15-7-8-16-12(10-15)9-14(20)11-17(16)18(21)19-13-5-3-2-4-6-13/h7-8,10,13,17H,2-6,9,11H2,1H3,(H,19,21). The van der Waals surface area contributed by atoms with E-state index in [1.165, 1.54) is 19.3 Å². The highest BCUT2D eigenvalue weighted by Gasteiger charge is 2.32. The third-order valence-corrected chi connectivity index (χ3v) is 4.81. The van der Waals surface area contributed by atoms with Crippen molar-refractivity contribution in [2.75, 3.05) is 7.11 Å². The van der Waals surface area contributed by atoms with Gasteiger partial charge in [-0.15, -0.1) is 0 Å². The molecule has 0 heterocycles. The molecular formula is C18H23NO3. The maximum Gasteiger partial charge on any atom is 0.228 e. The molecule has 0 aromatic heterocycles. The molecule has 2 aliphatic carbocycles. The second-order valence-corrected chi connectivity index (χ2v) is 6.38. The van der Waals surface area contributed by atoms with Gasteiger partial charge in [-0.25, -0.2) is 0 Å². The molecule has 4 heteroatoms. The van der Waals surface area contributed by atoms with Crippen molar-refractivity contribution in [3.8, 4) is 5.75 Å². The number of ketones is 1. The summed E-state index contributed by atoms with van der Waals surface area (Å²) >= 11 is 0. The number of carbonyl (C=O) groups excluding carboxylic acids is 2. The summed E-state index contributed by atoms with van der Waals surface area (Å²) in [6.45, 7) is 0. The number of hydrogen-bond acceptors (Lipinski definition) is 3. The molecule has 0 bridgehead atoms. The van der Waals surface area contributed by atoms with E-state index in [1.54, 1.807) is 7.11 Å². The largest absolute Gasteiger partial charge is 0.497 e. The zero-order valence-corrected chi connectivity index (χ0v) is 13.1. The van der Waals surface area contributed by atoms with Gasteiger partial charge in [-0.3, -0.25) is 9.59 Å². The summed E-state index contributed by atoms with van der Waals surface area (Å²) in [5, 5.41) is 3.16. The summed E-state index contributed by atoms with van der Waals surface area (Å²) < 4.78 is 5.22. The first-order chi connectivity index (χ1) is 10.7. The maximum absolute atomic E-state index is 12.6. The number of hydrogen-bond donors (Lipinski definition) is 1. The normalized spacial score (nSPS) is 22.0. The lowest BCUT2D eigenvalue weighted by molar-refractivity contribution is -0.128. The topological polar surface area (TPSA) is 55.4 Å². The van der Waals surface area contributed by atoms with E-state index in [0.29, 0.717) is 12.8 Å². The van der Waals surface area contributed by atoms with E-state index < -0.39 is 0 Å². The van der Waals surface area contributed by atoms with Gasteiger partial charge >= 0.3 is 0 Å². The minimum Gasteiger partial charge on any atom is -0.497 e. The number of fused-ring (bicyclic) bond motifs is 1. The van der Waals surface area contributed by atoms with Crippen molar-refractivity contribution < 1.29 is 14.3 Å². The van der Waals surface area contributed by atoms with Crippen molar-refractivity contribution in [2.45, 2.75) is 56.9 Å². The van der Waals surface area contributed by atoms with E-state index in [2.05, 4.69) is 5.32 Å². The molecule has 0 saturated heterocycles. The first-order valence-electron chi connectivity index (χ1n) is 8.16. The molecule has 1 atom stereocenters. The van der Waals surface area contributed by atoms with Crippen LogP contribution in [0.15, 0.2) is 18.2 Å². The van der Waals surface area contributed by atoms with Crippen LogP contribution in [-0.4, -0.2) is 24.8 Å². The molecule has 118 valence electrons. The average molecular weight is 301 g/mol. The van der Waals surface area contributed by atoms with E-state index in [1.807, 2.05) is 18.2 Å². The molecule has 2 aliphatic rings. The predicted molar refractivity (Wildman–Crippen MR) is 84.1 cm³/mol. The molecule has 1 unspecified atom stereocenters. The first-order valence-corrected chi connectivity index (χ1v) is 8.16. The van der Waals surface area contributed by atoms with Crippen LogP contribution in [0.2, 0.25) is 0 Å². The van der Waals surface area contributed by atoms with Crippen molar-refractivity contribution in [1.29, 1.82) is 0 Å². The third kappa shape index (κ3) is 3.16. The van der Waals surface area contributed by atoms with Gasteiger partial charge in [0.15, 0.2) is 0 Å². The van der Waals surface area contributed by atoms with Crippen LogP contribution < -0.4 is 10.1 Å². The molecule has 1 saturated carbocycles. The SMILES string of the molecule is COc1ccc2c(c1)CC(=O)CC2C(=O)NC1CCCCC1. The van der Waals surface area contributed by atoms with E-state index in [4.69, 9.17) is 4.74 Å². The number of rotatable bonds is 3. The van der Waals surface area contributed by atoms with Crippen molar-refractivity contribution in [1.82, 2.24) is 5.32 Å². The molecule has 1 N–H and O–H groups in total. The summed E-state index contributed by atoms with van der Waals surface area (Å²) in [7, 11) is 1.61. The van der Waals surface area contributed by atoms with Crippen LogP contribution in [0.3, 0.4) is 0 Å². The fraction of sp³-hybridized carbons (Fsp3) is 0.556. The van der Waals surface area contributed by atoms with Crippen LogP contribution in [-0.2, 0) is 16.0 Å². The lowest BCUT2D eigenvalue weighted by Crippen LogP contribution is -2.41. The average Bonchev–Trinajstić information content (AvgIpc) is 2.54. The van der Waals surface area contributed by atoms with Crippen molar-refractivity contribution in [3.05, 3.63) is 29.3 Å². The summed E-state index contributed by atoms with van der Waals surface area (Å²) in [5.41, 5.74) is 1.91. The monoisotopic (exact) mass is 301 g/mol. The Bertz CT molecular complexity index is 576. The number of amides is 1. The minimum atomic E-state index is -0.343. The Balaban J connectivity index is 1.78. The number of benzene rings is 1. The van der Waals surface area contributed by atoms with E-state index in [9.17, 15) is 9.59 Å². The van der Waals surface area contributed by atoms with Crippen LogP contribution in [0.5, 0.6) is 5.75 Å². The van der Waals surface area contributed by atoms with Gasteiger partial charge in [0.05, 0.1) is 13.0 Å². The summed E-state index contributed by atoms with van der Waals surface area (Å²) in [4.78, 5) is 24.6. The lowest BCUT2D eigenvalue weighted by atomic mass is 9.81. The Kier molecular flexibility index (Phi) is 4.46. The fourth-order valence-corrected chi connectivity index (χ4v) is 3.61. The molecular weight excluding hydrogens is 278 g/mol. The van der Waals surface area contributed by atoms with Gasteiger partial charge in [-0.2, -0.15) is 0 Å². The molecule has 22 heavy (non-hydrogen) atoms. The van der Waals surface area contributed by atoms with Crippen molar-refractivity contribution in [2.24, 2.45) is 0 Å². The highest BCUT2D eigenvalue weighted by atomic mass is 16.5. The molecule has 1 fully saturated rings. The predicted octanol–water partition coefficient (Wildman–Crippen LogP) is 2.74. The van der Waals surface area contributed by atoms with Gasteiger partial charge in [0.2, 0.25) is 5.91 Å². The van der Waals surface area contributed by atoms with Gasteiger partial charge in [-0.05, 0) is 36.1 Å². The third-order valence-electron chi connectivity index (χ3n) is 4.81. The van der Waals surface area contributed by atoms with Gasteiger partial charge in [0.25, 0.3) is 0 Å². The molecule has 3 rings (SSSR count). The maximum atomic E-state index is 12.6. The summed E-state index contributed by atoms with van der Waals surface area (Å²) in [6.07, 6.45) is 6.46. The quantitative estimate of drug-likeness (QED) is 0.934. The van der Waals surface area contributed by atoms with Gasteiger partial charge in [-0.1, -0.05) is 25.3 Å². The molecule has 1 aromatic carbocycles. The molecule has 1 aromatic rings. The second kappa shape index (κ2) is 6.51. The van der Waals surface area contributed by atoms with Gasteiger partial charge < -0.3 is 10.1 Å². The fourth-order valence-electron chi connectivity index (χ4n) is 3.61. The zero-order chi connectivity index (χ0) is 15.5. The number of carbonyl (C=O) groups is 2. The zero-order valence-electron chi connectivity index (χ0n) is 13.1. The molecule has 0 radical (unpaired) electrons. The highest BCUT2D eigenvalue weighted by Crippen LogP contribution is 2.33. The van der Waals surface area contributed by atoms with Crippen molar-refractivity contribution >= 4 is 11.7 Å². The van der Waals surface area contributed by atoms with E-state index in [0.717, 1.165) is 29.7 Å². The van der Waals surface area contributed by atoms with Crippen molar-refractivity contribution in [3.63, 3.8) is 0 Å². The Hall–Kier alpha value is -1.84. The molecule has 1 amide bonds. The summed E-state index contributed by atoms with van der Waals surface area (Å²) in [6, 6.07) is 5.97. The Morgan fingerprint density at radius 3 is 2.73 bits per heavy atom. The summed E-state index contributed by atoms with van der Waals surface area (Å²) in [5.74, 6) is 0.528. The van der Waals surface area contributed by atoms with Crippen LogP contribution in [0.1, 0.15) is 55.6 Å². The van der Waals surface area contributed by atoms with Gasteiger partial charge in [0, 0.05) is 18.9 Å². The Labute approximate surface area is 131 Å². The number of nitrogens with one attached hydrogen (secondary N) is 1. The minimum absolute atomic E-state index is 0.00590. The Morgan fingerprint density at radius 2 is 2.00 bits per heavy atom. The van der Waals surface area contributed by atoms with Crippen LogP contribution in [0, 0.1) is 0 Å².